The molecule has 9 heteroatoms. The van der Waals surface area contributed by atoms with Crippen molar-refractivity contribution in [2.45, 2.75) is 12.0 Å². The molecule has 166 valence electrons. The molecule has 4 aromatic rings. The molecule has 3 N–H and O–H groups in total. The minimum atomic E-state index is -2.27. The third kappa shape index (κ3) is 3.88. The van der Waals surface area contributed by atoms with E-state index in [1.807, 2.05) is 0 Å². The number of pyridine rings is 2. The van der Waals surface area contributed by atoms with Gasteiger partial charge in [0.05, 0.1) is 28.4 Å². The average molecular weight is 448 g/mol. The van der Waals surface area contributed by atoms with E-state index in [0.29, 0.717) is 5.52 Å². The first kappa shape index (κ1) is 21.9. The van der Waals surface area contributed by atoms with Gasteiger partial charge in [-0.3, -0.25) is 9.59 Å². The Morgan fingerprint density at radius 3 is 2.73 bits per heavy atom. The van der Waals surface area contributed by atoms with Crippen LogP contribution in [0.25, 0.3) is 5.52 Å². The Morgan fingerprint density at radius 1 is 1.18 bits per heavy atom. The average Bonchev–Trinajstić information content (AvgIpc) is 3.26. The second-order valence-corrected chi connectivity index (χ2v) is 7.43. The number of nitrogens with zero attached hydrogens (tertiary/aromatic N) is 3. The molecule has 1 unspecified atom stereocenters. The standard InChI is InChI=1S/C24H18F2N4O3/c1-29-12-3-5-18(23(29)32)24(33,19-14-15(25)6-7-20(19)26)10-2-4-16-17(22(27)31)9-13-30-21(16)8-11-28-30/h3,5-9,11-14,33H,10H2,1H3,(H2,27,31). The van der Waals surface area contributed by atoms with Gasteiger partial charge in [0.2, 0.25) is 5.91 Å². The maximum atomic E-state index is 14.7. The molecule has 1 aromatic carbocycles. The number of aryl methyl sites for hydroxylation is 1. The molecule has 0 aliphatic rings. The van der Waals surface area contributed by atoms with E-state index in [0.717, 1.165) is 18.2 Å². The molecular weight excluding hydrogens is 430 g/mol. The zero-order chi connectivity index (χ0) is 23.8. The van der Waals surface area contributed by atoms with Crippen LogP contribution in [0.2, 0.25) is 0 Å². The molecule has 7 nitrogen and oxygen atoms in total. The Balaban J connectivity index is 1.90. The van der Waals surface area contributed by atoms with Crippen LogP contribution in [0, 0.1) is 23.5 Å². The summed E-state index contributed by atoms with van der Waals surface area (Å²) in [4.78, 5) is 24.7. The number of carbonyl (C=O) groups is 1. The molecular formula is C24H18F2N4O3. The van der Waals surface area contributed by atoms with Crippen molar-refractivity contribution in [3.8, 4) is 11.8 Å². The van der Waals surface area contributed by atoms with Crippen LogP contribution in [0.3, 0.4) is 0 Å². The van der Waals surface area contributed by atoms with Crippen molar-refractivity contribution in [1.82, 2.24) is 14.2 Å². The van der Waals surface area contributed by atoms with E-state index in [9.17, 15) is 23.5 Å². The predicted molar refractivity (Wildman–Crippen MR) is 116 cm³/mol. The van der Waals surface area contributed by atoms with Crippen LogP contribution in [0.15, 0.2) is 65.8 Å². The van der Waals surface area contributed by atoms with Crippen molar-refractivity contribution >= 4 is 11.4 Å². The van der Waals surface area contributed by atoms with E-state index in [1.54, 1.807) is 12.3 Å². The number of halogens is 2. The normalized spacial score (nSPS) is 12.7. The zero-order valence-electron chi connectivity index (χ0n) is 17.4. The van der Waals surface area contributed by atoms with E-state index in [2.05, 4.69) is 16.9 Å². The molecule has 0 saturated carbocycles. The highest BCUT2D eigenvalue weighted by molar-refractivity contribution is 5.97. The highest BCUT2D eigenvalue weighted by Crippen LogP contribution is 2.33. The Bertz CT molecular complexity index is 1510. The second-order valence-electron chi connectivity index (χ2n) is 7.43. The first-order chi connectivity index (χ1) is 15.7. The van der Waals surface area contributed by atoms with Crippen molar-refractivity contribution in [2.75, 3.05) is 0 Å². The Morgan fingerprint density at radius 2 is 1.97 bits per heavy atom. The summed E-state index contributed by atoms with van der Waals surface area (Å²) < 4.78 is 31.4. The Hall–Kier alpha value is -4.29. The van der Waals surface area contributed by atoms with Crippen molar-refractivity contribution in [3.63, 3.8) is 0 Å². The minimum absolute atomic E-state index is 0.131. The van der Waals surface area contributed by atoms with E-state index in [4.69, 9.17) is 5.73 Å². The summed E-state index contributed by atoms with van der Waals surface area (Å²) in [5.74, 6) is 3.11. The number of rotatable bonds is 4. The summed E-state index contributed by atoms with van der Waals surface area (Å²) in [6.45, 7) is 0. The Labute approximate surface area is 186 Å². The molecule has 3 heterocycles. The van der Waals surface area contributed by atoms with Crippen LogP contribution in [-0.4, -0.2) is 25.2 Å². The number of nitrogens with two attached hydrogens (primary N) is 1. The predicted octanol–water partition coefficient (Wildman–Crippen LogP) is 2.09. The number of aromatic nitrogens is 3. The summed E-state index contributed by atoms with van der Waals surface area (Å²) >= 11 is 0. The first-order valence-corrected chi connectivity index (χ1v) is 9.81. The van der Waals surface area contributed by atoms with Crippen LogP contribution in [-0.2, 0) is 12.6 Å². The van der Waals surface area contributed by atoms with Crippen molar-refractivity contribution in [2.24, 2.45) is 12.8 Å². The van der Waals surface area contributed by atoms with Gasteiger partial charge in [-0.2, -0.15) is 5.10 Å². The molecule has 0 bridgehead atoms. The fourth-order valence-corrected chi connectivity index (χ4v) is 3.66. The maximum Gasteiger partial charge on any atom is 0.256 e. The maximum absolute atomic E-state index is 14.7. The van der Waals surface area contributed by atoms with Crippen molar-refractivity contribution in [1.29, 1.82) is 0 Å². The summed E-state index contributed by atoms with van der Waals surface area (Å²) in [5.41, 5.74) is 2.87. The largest absolute Gasteiger partial charge is 0.379 e. The van der Waals surface area contributed by atoms with Crippen molar-refractivity contribution in [3.05, 3.63) is 105 Å². The van der Waals surface area contributed by atoms with Gasteiger partial charge in [0.15, 0.2) is 0 Å². The minimum Gasteiger partial charge on any atom is -0.379 e. The number of primary amides is 1. The number of hydrogen-bond donors (Lipinski definition) is 2. The lowest BCUT2D eigenvalue weighted by Crippen LogP contribution is -2.36. The van der Waals surface area contributed by atoms with Crippen LogP contribution in [0.5, 0.6) is 0 Å². The Kier molecular flexibility index (Phi) is 5.54. The summed E-state index contributed by atoms with van der Waals surface area (Å²) in [5, 5.41) is 15.6. The summed E-state index contributed by atoms with van der Waals surface area (Å²) in [6, 6.07) is 8.53. The number of carbonyl (C=O) groups excluding carboxylic acids is 1. The van der Waals surface area contributed by atoms with Gasteiger partial charge in [0, 0.05) is 31.4 Å². The number of fused-ring (bicyclic) bond motifs is 1. The van der Waals surface area contributed by atoms with E-state index >= 15 is 0 Å². The highest BCUT2D eigenvalue weighted by atomic mass is 19.1. The molecule has 0 aliphatic carbocycles. The zero-order valence-corrected chi connectivity index (χ0v) is 17.4. The lowest BCUT2D eigenvalue weighted by Gasteiger charge is -2.27. The van der Waals surface area contributed by atoms with Gasteiger partial charge in [-0.25, -0.2) is 13.3 Å². The van der Waals surface area contributed by atoms with Gasteiger partial charge in [-0.15, -0.1) is 0 Å². The first-order valence-electron chi connectivity index (χ1n) is 9.81. The molecule has 33 heavy (non-hydrogen) atoms. The highest BCUT2D eigenvalue weighted by Gasteiger charge is 2.36. The number of aliphatic hydroxyl groups is 1. The SMILES string of the molecule is Cn1cccc(C(O)(CC#Cc2c(C(N)=O)ccn3nccc23)c2cc(F)ccc2F)c1=O. The van der Waals surface area contributed by atoms with Gasteiger partial charge in [0.1, 0.15) is 17.2 Å². The molecule has 0 saturated heterocycles. The molecule has 0 radical (unpaired) electrons. The van der Waals surface area contributed by atoms with Gasteiger partial charge >= 0.3 is 0 Å². The van der Waals surface area contributed by atoms with Gasteiger partial charge in [0.25, 0.3) is 5.56 Å². The van der Waals surface area contributed by atoms with E-state index < -0.39 is 40.7 Å². The van der Waals surface area contributed by atoms with Crippen LogP contribution >= 0.6 is 0 Å². The number of benzene rings is 1. The molecule has 1 atom stereocenters. The fraction of sp³-hybridized carbons (Fsp3) is 0.125. The lowest BCUT2D eigenvalue weighted by atomic mass is 9.83. The van der Waals surface area contributed by atoms with Gasteiger partial charge in [-0.05, 0) is 42.5 Å². The van der Waals surface area contributed by atoms with Gasteiger partial charge in [-0.1, -0.05) is 11.8 Å². The fourth-order valence-electron chi connectivity index (χ4n) is 3.66. The smallest absolute Gasteiger partial charge is 0.256 e. The third-order valence-electron chi connectivity index (χ3n) is 5.34. The van der Waals surface area contributed by atoms with E-state index in [-0.39, 0.29) is 16.7 Å². The van der Waals surface area contributed by atoms with Crippen LogP contribution < -0.4 is 11.3 Å². The second kappa shape index (κ2) is 8.33. The van der Waals surface area contributed by atoms with Crippen LogP contribution in [0.4, 0.5) is 8.78 Å². The lowest BCUT2D eigenvalue weighted by molar-refractivity contribution is 0.0800. The molecule has 0 spiro atoms. The van der Waals surface area contributed by atoms with Crippen molar-refractivity contribution < 1.29 is 18.7 Å². The quantitative estimate of drug-likeness (QED) is 0.467. The van der Waals surface area contributed by atoms with Crippen LogP contribution in [0.1, 0.15) is 33.5 Å². The molecule has 1 amide bonds. The molecule has 0 fully saturated rings. The monoisotopic (exact) mass is 448 g/mol. The molecule has 3 aromatic heterocycles. The molecule has 0 aliphatic heterocycles. The third-order valence-corrected chi connectivity index (χ3v) is 5.34. The summed E-state index contributed by atoms with van der Waals surface area (Å²) in [6.07, 6.45) is 4.06. The molecule has 4 rings (SSSR count). The topological polar surface area (TPSA) is 103 Å². The number of hydrogen-bond acceptors (Lipinski definition) is 4. The number of amides is 1. The van der Waals surface area contributed by atoms with E-state index in [1.165, 1.54) is 46.7 Å². The van der Waals surface area contributed by atoms with Gasteiger partial charge < -0.3 is 15.4 Å². The summed E-state index contributed by atoms with van der Waals surface area (Å²) in [7, 11) is 1.47.